The molecule has 6 atom stereocenters. The molecule has 0 aliphatic heterocycles. The molecule has 0 saturated heterocycles. The molecule has 506 valence electrons. The molecule has 0 rings (SSSR count). The molecular weight excluding hydrogens is 1140 g/mol. The Balaban J connectivity index is 5.28. The number of carbonyl (C=O) groups excluding carboxylic acids is 4. The topological polar surface area (TPSA) is 237 Å². The number of phosphoric ester groups is 2. The summed E-state index contributed by atoms with van der Waals surface area (Å²) in [6.07, 6.45) is 42.7. The molecule has 0 radical (unpaired) electrons. The summed E-state index contributed by atoms with van der Waals surface area (Å²) in [4.78, 5) is 72.3. The van der Waals surface area contributed by atoms with Crippen molar-refractivity contribution in [1.29, 1.82) is 0 Å². The second-order valence-corrected chi connectivity index (χ2v) is 27.6. The quantitative estimate of drug-likeness (QED) is 0.0169. The van der Waals surface area contributed by atoms with Gasteiger partial charge in [0.15, 0.2) is 12.2 Å². The van der Waals surface area contributed by atoms with Crippen LogP contribution in [0.15, 0.2) is 24.3 Å². The molecule has 0 heterocycles. The highest BCUT2D eigenvalue weighted by Crippen LogP contribution is 2.45. The molecule has 0 aromatic heterocycles. The van der Waals surface area contributed by atoms with Crippen molar-refractivity contribution < 1.29 is 80.2 Å². The molecule has 0 spiro atoms. The van der Waals surface area contributed by atoms with Gasteiger partial charge in [0, 0.05) is 25.7 Å². The average molecular weight is 1270 g/mol. The minimum Gasteiger partial charge on any atom is -0.462 e. The van der Waals surface area contributed by atoms with Crippen LogP contribution >= 0.6 is 15.6 Å². The Bertz CT molecular complexity index is 1790. The number of phosphoric acid groups is 2. The van der Waals surface area contributed by atoms with E-state index >= 15 is 0 Å². The van der Waals surface area contributed by atoms with Crippen molar-refractivity contribution in [2.45, 2.75) is 324 Å². The van der Waals surface area contributed by atoms with Crippen molar-refractivity contribution >= 4 is 39.5 Å². The number of aliphatic hydroxyl groups is 1. The monoisotopic (exact) mass is 1260 g/mol. The summed E-state index contributed by atoms with van der Waals surface area (Å²) >= 11 is 0. The van der Waals surface area contributed by atoms with Crippen molar-refractivity contribution in [3.63, 3.8) is 0 Å². The molecule has 0 aliphatic rings. The summed E-state index contributed by atoms with van der Waals surface area (Å²) in [7, 11) is -9.91. The lowest BCUT2D eigenvalue weighted by molar-refractivity contribution is -0.161. The van der Waals surface area contributed by atoms with E-state index in [9.17, 15) is 43.2 Å². The zero-order valence-electron chi connectivity index (χ0n) is 55.3. The molecule has 0 aromatic rings. The molecule has 3 N–H and O–H groups in total. The third-order valence-corrected chi connectivity index (χ3v) is 17.0. The largest absolute Gasteiger partial charge is 0.472 e. The van der Waals surface area contributed by atoms with E-state index in [2.05, 4.69) is 72.8 Å². The highest BCUT2D eigenvalue weighted by Gasteiger charge is 2.30. The number of unbranched alkanes of at least 4 members (excludes halogenated alkanes) is 27. The molecule has 0 bridgehead atoms. The van der Waals surface area contributed by atoms with Crippen molar-refractivity contribution in [2.24, 2.45) is 17.8 Å². The summed E-state index contributed by atoms with van der Waals surface area (Å²) in [5, 5.41) is 10.6. The maximum Gasteiger partial charge on any atom is 0.472 e. The van der Waals surface area contributed by atoms with Crippen LogP contribution in [-0.2, 0) is 65.4 Å². The number of rotatable bonds is 63. The van der Waals surface area contributed by atoms with Gasteiger partial charge in [0.25, 0.3) is 0 Å². The van der Waals surface area contributed by atoms with Crippen molar-refractivity contribution in [3.8, 4) is 0 Å². The maximum absolute atomic E-state index is 13.0. The predicted octanol–water partition coefficient (Wildman–Crippen LogP) is 18.2. The Labute approximate surface area is 522 Å². The Morgan fingerprint density at radius 3 is 1.03 bits per heavy atom. The van der Waals surface area contributed by atoms with Gasteiger partial charge in [-0.1, -0.05) is 253 Å². The zero-order valence-corrected chi connectivity index (χ0v) is 57.0. The predicted molar refractivity (Wildman–Crippen MR) is 344 cm³/mol. The number of ether oxygens (including phenoxy) is 4. The van der Waals surface area contributed by atoms with Gasteiger partial charge in [-0.2, -0.15) is 0 Å². The Morgan fingerprint density at radius 2 is 0.686 bits per heavy atom. The van der Waals surface area contributed by atoms with Crippen LogP contribution in [0.25, 0.3) is 0 Å². The van der Waals surface area contributed by atoms with Crippen molar-refractivity contribution in [1.82, 2.24) is 0 Å². The average Bonchev–Trinajstić information content (AvgIpc) is 3.68. The summed E-state index contributed by atoms with van der Waals surface area (Å²) in [5.74, 6) is -0.0197. The highest BCUT2D eigenvalue weighted by atomic mass is 31.2. The molecular formula is C67H126O17P2. The number of carbonyl (C=O) groups is 4. The van der Waals surface area contributed by atoms with Crippen LogP contribution in [-0.4, -0.2) is 96.7 Å². The first kappa shape index (κ1) is 83.5. The summed E-state index contributed by atoms with van der Waals surface area (Å²) in [6.45, 7) is 11.6. The van der Waals surface area contributed by atoms with Gasteiger partial charge in [-0.3, -0.25) is 37.3 Å². The molecule has 0 amide bonds. The van der Waals surface area contributed by atoms with E-state index in [1.807, 2.05) is 0 Å². The van der Waals surface area contributed by atoms with Crippen LogP contribution in [0.4, 0.5) is 0 Å². The summed E-state index contributed by atoms with van der Waals surface area (Å²) < 4.78 is 68.0. The van der Waals surface area contributed by atoms with Gasteiger partial charge in [0.2, 0.25) is 0 Å². The maximum atomic E-state index is 13.0. The van der Waals surface area contributed by atoms with Gasteiger partial charge in [0.05, 0.1) is 26.4 Å². The Hall–Kier alpha value is -2.46. The molecule has 0 saturated carbocycles. The third kappa shape index (κ3) is 59.2. The molecule has 86 heavy (non-hydrogen) atoms. The highest BCUT2D eigenvalue weighted by molar-refractivity contribution is 7.47. The van der Waals surface area contributed by atoms with E-state index in [0.717, 1.165) is 121 Å². The van der Waals surface area contributed by atoms with E-state index < -0.39 is 97.5 Å². The van der Waals surface area contributed by atoms with Gasteiger partial charge >= 0.3 is 39.5 Å². The van der Waals surface area contributed by atoms with Gasteiger partial charge < -0.3 is 33.8 Å². The van der Waals surface area contributed by atoms with E-state index in [4.69, 9.17) is 37.0 Å². The van der Waals surface area contributed by atoms with E-state index in [1.165, 1.54) is 96.3 Å². The number of allylic oxidation sites excluding steroid dienone is 4. The molecule has 19 heteroatoms. The number of esters is 4. The van der Waals surface area contributed by atoms with Gasteiger partial charge in [0.1, 0.15) is 19.3 Å². The second kappa shape index (κ2) is 57.7. The second-order valence-electron chi connectivity index (χ2n) is 24.7. The standard InChI is InChI=1S/C67H126O17P2/c1-8-10-11-12-13-14-15-16-17-18-19-20-27-36-43-50-66(71)83-63(55-78-65(70)49-42-35-30-29-33-40-47-60(7)9-2)57-82-86(75,76)80-53-61(68)52-79-85(73,74)81-56-62(84-67(72)51-44-37-28-23-25-32-39-46-59(5)6)54-77-64(69)48-41-34-26-22-21-24-31-38-45-58(3)4/h14-17,58-63,68H,8-13,18-57H2,1-7H3,(H,73,74)(H,75,76)/b15-14-,17-16-/t60?,61?,62-,63-/m1/s1. The molecule has 4 unspecified atom stereocenters. The third-order valence-electron chi connectivity index (χ3n) is 15.1. The first-order valence-corrected chi connectivity index (χ1v) is 37.2. The SMILES string of the molecule is CCCCCC/C=C\C=C/CCCCCCCC(=O)O[C@H](COC(=O)CCCCCCCCC(C)CC)COP(=O)(O)OCC(O)COP(=O)(O)OC[C@@H](COC(=O)CCCCCCCCCCC(C)C)OC(=O)CCCCCCCCCC(C)C. The lowest BCUT2D eigenvalue weighted by Crippen LogP contribution is -2.30. The fourth-order valence-corrected chi connectivity index (χ4v) is 11.0. The minimum absolute atomic E-state index is 0.0834. The Morgan fingerprint density at radius 1 is 0.384 bits per heavy atom. The lowest BCUT2D eigenvalue weighted by Gasteiger charge is -2.21. The summed E-state index contributed by atoms with van der Waals surface area (Å²) in [5.41, 5.74) is 0. The van der Waals surface area contributed by atoms with Crippen LogP contribution in [0.1, 0.15) is 305 Å². The minimum atomic E-state index is -4.96. The first-order valence-electron chi connectivity index (χ1n) is 34.2. The lowest BCUT2D eigenvalue weighted by atomic mass is 10.00. The first-order chi connectivity index (χ1) is 41.3. The smallest absolute Gasteiger partial charge is 0.462 e. The van der Waals surface area contributed by atoms with Crippen LogP contribution in [0.3, 0.4) is 0 Å². The normalized spacial score (nSPS) is 14.8. The van der Waals surface area contributed by atoms with Crippen LogP contribution < -0.4 is 0 Å². The molecule has 0 fully saturated rings. The van der Waals surface area contributed by atoms with Gasteiger partial charge in [-0.15, -0.1) is 0 Å². The zero-order chi connectivity index (χ0) is 63.8. The fourth-order valence-electron chi connectivity index (χ4n) is 9.44. The molecule has 0 aliphatic carbocycles. The van der Waals surface area contributed by atoms with Crippen LogP contribution in [0.2, 0.25) is 0 Å². The van der Waals surface area contributed by atoms with E-state index in [1.54, 1.807) is 0 Å². The fraction of sp³-hybridized carbons (Fsp3) is 0.881. The molecule has 0 aromatic carbocycles. The van der Waals surface area contributed by atoms with Gasteiger partial charge in [-0.25, -0.2) is 9.13 Å². The van der Waals surface area contributed by atoms with Crippen LogP contribution in [0, 0.1) is 17.8 Å². The number of aliphatic hydroxyl groups excluding tert-OH is 1. The molecule has 17 nitrogen and oxygen atoms in total. The summed E-state index contributed by atoms with van der Waals surface area (Å²) in [6, 6.07) is 0. The number of hydrogen-bond acceptors (Lipinski definition) is 15. The van der Waals surface area contributed by atoms with Gasteiger partial charge in [-0.05, 0) is 69.1 Å². The Kier molecular flexibility index (Phi) is 56.0. The van der Waals surface area contributed by atoms with E-state index in [-0.39, 0.29) is 25.7 Å². The number of hydrogen-bond donors (Lipinski definition) is 3. The van der Waals surface area contributed by atoms with Crippen molar-refractivity contribution in [2.75, 3.05) is 39.6 Å². The van der Waals surface area contributed by atoms with Crippen molar-refractivity contribution in [3.05, 3.63) is 24.3 Å². The van der Waals surface area contributed by atoms with E-state index in [0.29, 0.717) is 31.6 Å². The van der Waals surface area contributed by atoms with Crippen LogP contribution in [0.5, 0.6) is 0 Å².